The van der Waals surface area contributed by atoms with E-state index >= 15 is 0 Å². The standard InChI is InChI=1S/C16H14N2/c1-12-4-7-14(8-5-12)18-15-9-6-13-3-2-10-17-16(13)11-15/h2-11,18H,1H3. The van der Waals surface area contributed by atoms with E-state index in [1.807, 2.05) is 12.3 Å². The van der Waals surface area contributed by atoms with Crippen molar-refractivity contribution in [2.45, 2.75) is 6.92 Å². The third-order valence-electron chi connectivity index (χ3n) is 2.95. The van der Waals surface area contributed by atoms with Crippen molar-refractivity contribution in [1.29, 1.82) is 0 Å². The Bertz CT molecular complexity index is 672. The number of pyridine rings is 1. The average molecular weight is 234 g/mol. The van der Waals surface area contributed by atoms with Crippen LogP contribution in [-0.2, 0) is 0 Å². The van der Waals surface area contributed by atoms with Gasteiger partial charge in [0, 0.05) is 23.0 Å². The number of aryl methyl sites for hydroxylation is 1. The summed E-state index contributed by atoms with van der Waals surface area (Å²) in [5, 5.41) is 4.54. The summed E-state index contributed by atoms with van der Waals surface area (Å²) in [6, 6.07) is 18.6. The zero-order valence-corrected chi connectivity index (χ0v) is 10.2. The molecule has 0 radical (unpaired) electrons. The lowest BCUT2D eigenvalue weighted by atomic mass is 10.2. The molecule has 1 heterocycles. The van der Waals surface area contributed by atoms with Crippen molar-refractivity contribution in [3.05, 3.63) is 66.4 Å². The van der Waals surface area contributed by atoms with Crippen molar-refractivity contribution in [2.24, 2.45) is 0 Å². The van der Waals surface area contributed by atoms with Crippen LogP contribution in [0.15, 0.2) is 60.8 Å². The van der Waals surface area contributed by atoms with E-state index < -0.39 is 0 Å². The first-order valence-corrected chi connectivity index (χ1v) is 6.00. The summed E-state index contributed by atoms with van der Waals surface area (Å²) in [6.45, 7) is 2.09. The number of nitrogens with one attached hydrogen (secondary N) is 1. The van der Waals surface area contributed by atoms with Crippen molar-refractivity contribution < 1.29 is 0 Å². The zero-order valence-electron chi connectivity index (χ0n) is 10.2. The molecule has 2 aromatic carbocycles. The first-order valence-electron chi connectivity index (χ1n) is 6.00. The minimum absolute atomic E-state index is 1.01. The van der Waals surface area contributed by atoms with Crippen LogP contribution in [0.5, 0.6) is 0 Å². The molecule has 0 amide bonds. The van der Waals surface area contributed by atoms with E-state index in [-0.39, 0.29) is 0 Å². The highest BCUT2D eigenvalue weighted by Crippen LogP contribution is 2.21. The number of rotatable bonds is 2. The van der Waals surface area contributed by atoms with Crippen molar-refractivity contribution in [3.63, 3.8) is 0 Å². The van der Waals surface area contributed by atoms with E-state index in [0.717, 1.165) is 22.3 Å². The quantitative estimate of drug-likeness (QED) is 0.715. The second kappa shape index (κ2) is 4.49. The van der Waals surface area contributed by atoms with Gasteiger partial charge in [-0.2, -0.15) is 0 Å². The molecule has 0 spiro atoms. The fraction of sp³-hybridized carbons (Fsp3) is 0.0625. The van der Waals surface area contributed by atoms with Crippen molar-refractivity contribution >= 4 is 22.3 Å². The highest BCUT2D eigenvalue weighted by atomic mass is 14.9. The van der Waals surface area contributed by atoms with Crippen LogP contribution in [0.1, 0.15) is 5.56 Å². The Labute approximate surface area is 106 Å². The van der Waals surface area contributed by atoms with E-state index in [1.165, 1.54) is 5.56 Å². The highest BCUT2D eigenvalue weighted by Gasteiger charge is 1.97. The molecule has 0 atom stereocenters. The Balaban J connectivity index is 1.92. The zero-order chi connectivity index (χ0) is 12.4. The molecule has 1 aromatic heterocycles. The van der Waals surface area contributed by atoms with E-state index in [0.29, 0.717) is 0 Å². The van der Waals surface area contributed by atoms with Crippen molar-refractivity contribution in [3.8, 4) is 0 Å². The Morgan fingerprint density at radius 3 is 2.50 bits per heavy atom. The first kappa shape index (κ1) is 10.8. The van der Waals surface area contributed by atoms with Gasteiger partial charge in [0.1, 0.15) is 0 Å². The molecule has 3 rings (SSSR count). The molecule has 0 saturated carbocycles. The fourth-order valence-corrected chi connectivity index (χ4v) is 1.95. The van der Waals surface area contributed by atoms with E-state index in [1.54, 1.807) is 0 Å². The van der Waals surface area contributed by atoms with E-state index in [2.05, 4.69) is 65.8 Å². The fourth-order valence-electron chi connectivity index (χ4n) is 1.95. The normalized spacial score (nSPS) is 10.5. The van der Waals surface area contributed by atoms with Gasteiger partial charge in [0.05, 0.1) is 5.52 Å². The van der Waals surface area contributed by atoms with Gasteiger partial charge in [-0.05, 0) is 37.3 Å². The summed E-state index contributed by atoms with van der Waals surface area (Å²) in [5.74, 6) is 0. The Kier molecular flexibility index (Phi) is 2.69. The van der Waals surface area contributed by atoms with Crippen LogP contribution in [0.3, 0.4) is 0 Å². The van der Waals surface area contributed by atoms with Crippen LogP contribution in [0.25, 0.3) is 10.9 Å². The summed E-state index contributed by atoms with van der Waals surface area (Å²) in [5.41, 5.74) is 4.43. The van der Waals surface area contributed by atoms with Gasteiger partial charge in [-0.1, -0.05) is 29.8 Å². The number of fused-ring (bicyclic) bond motifs is 1. The molecule has 0 saturated heterocycles. The minimum atomic E-state index is 1.01. The van der Waals surface area contributed by atoms with Gasteiger partial charge >= 0.3 is 0 Å². The summed E-state index contributed by atoms with van der Waals surface area (Å²) >= 11 is 0. The second-order valence-electron chi connectivity index (χ2n) is 4.40. The van der Waals surface area contributed by atoms with Crippen LogP contribution in [0.2, 0.25) is 0 Å². The largest absolute Gasteiger partial charge is 0.355 e. The van der Waals surface area contributed by atoms with Crippen LogP contribution >= 0.6 is 0 Å². The molecule has 18 heavy (non-hydrogen) atoms. The smallest absolute Gasteiger partial charge is 0.0722 e. The van der Waals surface area contributed by atoms with Crippen molar-refractivity contribution in [1.82, 2.24) is 4.98 Å². The molecule has 0 bridgehead atoms. The molecule has 0 aliphatic carbocycles. The Morgan fingerprint density at radius 1 is 0.889 bits per heavy atom. The number of aromatic nitrogens is 1. The maximum atomic E-state index is 4.36. The maximum absolute atomic E-state index is 4.36. The van der Waals surface area contributed by atoms with Gasteiger partial charge in [-0.25, -0.2) is 0 Å². The number of hydrogen-bond acceptors (Lipinski definition) is 2. The van der Waals surface area contributed by atoms with Gasteiger partial charge in [-0.3, -0.25) is 4.98 Å². The van der Waals surface area contributed by atoms with Crippen LogP contribution in [0.4, 0.5) is 11.4 Å². The lowest BCUT2D eigenvalue weighted by Gasteiger charge is -2.07. The molecule has 3 aromatic rings. The molecule has 0 unspecified atom stereocenters. The van der Waals surface area contributed by atoms with Gasteiger partial charge in [-0.15, -0.1) is 0 Å². The van der Waals surface area contributed by atoms with Crippen LogP contribution in [0, 0.1) is 6.92 Å². The molecule has 1 N–H and O–H groups in total. The maximum Gasteiger partial charge on any atom is 0.0722 e. The molecule has 0 aliphatic heterocycles. The Morgan fingerprint density at radius 2 is 1.67 bits per heavy atom. The topological polar surface area (TPSA) is 24.9 Å². The predicted octanol–water partition coefficient (Wildman–Crippen LogP) is 4.29. The summed E-state index contributed by atoms with van der Waals surface area (Å²) in [4.78, 5) is 4.36. The monoisotopic (exact) mass is 234 g/mol. The lowest BCUT2D eigenvalue weighted by Crippen LogP contribution is -1.90. The number of nitrogens with zero attached hydrogens (tertiary/aromatic N) is 1. The number of hydrogen-bond donors (Lipinski definition) is 1. The van der Waals surface area contributed by atoms with Crippen LogP contribution < -0.4 is 5.32 Å². The van der Waals surface area contributed by atoms with Gasteiger partial charge in [0.25, 0.3) is 0 Å². The minimum Gasteiger partial charge on any atom is -0.355 e. The molecule has 88 valence electrons. The van der Waals surface area contributed by atoms with Gasteiger partial charge in [0.15, 0.2) is 0 Å². The number of benzene rings is 2. The lowest BCUT2D eigenvalue weighted by molar-refractivity contribution is 1.41. The van der Waals surface area contributed by atoms with Gasteiger partial charge in [0.2, 0.25) is 0 Å². The number of anilines is 2. The molecule has 2 heteroatoms. The molecule has 0 aliphatic rings. The molecular formula is C16H14N2. The van der Waals surface area contributed by atoms with Crippen LogP contribution in [-0.4, -0.2) is 4.98 Å². The third kappa shape index (κ3) is 2.18. The van der Waals surface area contributed by atoms with Crippen molar-refractivity contribution in [2.75, 3.05) is 5.32 Å². The van der Waals surface area contributed by atoms with Gasteiger partial charge < -0.3 is 5.32 Å². The molecule has 0 fully saturated rings. The van der Waals surface area contributed by atoms with E-state index in [4.69, 9.17) is 0 Å². The second-order valence-corrected chi connectivity index (χ2v) is 4.40. The highest BCUT2D eigenvalue weighted by molar-refractivity contribution is 5.82. The summed E-state index contributed by atoms with van der Waals surface area (Å²) < 4.78 is 0. The summed E-state index contributed by atoms with van der Waals surface area (Å²) in [6.07, 6.45) is 1.82. The molecule has 2 nitrogen and oxygen atoms in total. The Hall–Kier alpha value is -2.35. The predicted molar refractivity (Wildman–Crippen MR) is 76.2 cm³/mol. The molecular weight excluding hydrogens is 220 g/mol. The van der Waals surface area contributed by atoms with E-state index in [9.17, 15) is 0 Å². The average Bonchev–Trinajstić information content (AvgIpc) is 2.41. The first-order chi connectivity index (χ1) is 8.81. The summed E-state index contributed by atoms with van der Waals surface area (Å²) in [7, 11) is 0. The third-order valence-corrected chi connectivity index (χ3v) is 2.95. The SMILES string of the molecule is Cc1ccc(Nc2ccc3cccnc3c2)cc1.